The highest BCUT2D eigenvalue weighted by atomic mass is 32.2. The highest BCUT2D eigenvalue weighted by Crippen LogP contribution is 2.39. The lowest BCUT2D eigenvalue weighted by Crippen LogP contribution is -2.03. The van der Waals surface area contributed by atoms with Crippen LogP contribution in [0.15, 0.2) is 35.2 Å². The van der Waals surface area contributed by atoms with Crippen molar-refractivity contribution in [3.63, 3.8) is 0 Å². The molecule has 74 valence electrons. The van der Waals surface area contributed by atoms with Crippen LogP contribution in [0, 0.1) is 0 Å². The summed E-state index contributed by atoms with van der Waals surface area (Å²) in [5, 5.41) is 8.08. The van der Waals surface area contributed by atoms with Crippen LogP contribution in [0.1, 0.15) is 5.56 Å². The van der Waals surface area contributed by atoms with E-state index in [0.29, 0.717) is 5.82 Å². The van der Waals surface area contributed by atoms with Crippen LogP contribution < -0.4 is 5.73 Å². The number of fused-ring (bicyclic) bond motifs is 3. The molecule has 4 heteroatoms. The molecule has 0 radical (unpaired) electrons. The summed E-state index contributed by atoms with van der Waals surface area (Å²) in [5.41, 5.74) is 8.93. The number of thioether (sulfide) groups is 1. The minimum atomic E-state index is 0.494. The van der Waals surface area contributed by atoms with E-state index >= 15 is 0 Å². The highest BCUT2D eigenvalue weighted by Gasteiger charge is 2.17. The number of anilines is 1. The third-order valence-electron chi connectivity index (χ3n) is 2.42. The Morgan fingerprint density at radius 1 is 1.20 bits per heavy atom. The summed E-state index contributed by atoms with van der Waals surface area (Å²) in [5.74, 6) is 1.42. The van der Waals surface area contributed by atoms with Gasteiger partial charge in [0.25, 0.3) is 0 Å². The summed E-state index contributed by atoms with van der Waals surface area (Å²) >= 11 is 1.82. The van der Waals surface area contributed by atoms with Crippen molar-refractivity contribution in [3.05, 3.63) is 35.9 Å². The van der Waals surface area contributed by atoms with Crippen LogP contribution in [0.5, 0.6) is 0 Å². The van der Waals surface area contributed by atoms with E-state index in [1.165, 1.54) is 10.5 Å². The van der Waals surface area contributed by atoms with Crippen molar-refractivity contribution in [2.45, 2.75) is 10.6 Å². The first-order chi connectivity index (χ1) is 7.34. The first-order valence-corrected chi connectivity index (χ1v) is 5.67. The van der Waals surface area contributed by atoms with E-state index in [1.807, 2.05) is 30.0 Å². The van der Waals surface area contributed by atoms with Crippen LogP contribution in [0.2, 0.25) is 0 Å². The van der Waals surface area contributed by atoms with Crippen molar-refractivity contribution in [2.24, 2.45) is 0 Å². The first kappa shape index (κ1) is 8.73. The number of hydrogen-bond acceptors (Lipinski definition) is 4. The van der Waals surface area contributed by atoms with Gasteiger partial charge in [0.05, 0.1) is 5.69 Å². The molecule has 0 atom stereocenters. The number of benzene rings is 1. The van der Waals surface area contributed by atoms with Gasteiger partial charge in [-0.3, -0.25) is 0 Å². The van der Waals surface area contributed by atoms with Gasteiger partial charge in [-0.1, -0.05) is 18.2 Å². The molecule has 0 saturated carbocycles. The summed E-state index contributed by atoms with van der Waals surface area (Å²) in [6, 6.07) is 10.2. The van der Waals surface area contributed by atoms with Crippen LogP contribution in [-0.2, 0) is 5.75 Å². The zero-order valence-corrected chi connectivity index (χ0v) is 8.79. The fraction of sp³-hybridized carbons (Fsp3) is 0.0909. The molecule has 1 aliphatic rings. The third-order valence-corrected chi connectivity index (χ3v) is 3.54. The third kappa shape index (κ3) is 1.37. The molecule has 3 nitrogen and oxygen atoms in total. The normalized spacial score (nSPS) is 13.1. The molecule has 2 N–H and O–H groups in total. The lowest BCUT2D eigenvalue weighted by molar-refractivity contribution is 1.02. The number of hydrogen-bond donors (Lipinski definition) is 1. The molecule has 0 aliphatic carbocycles. The van der Waals surface area contributed by atoms with Crippen molar-refractivity contribution < 1.29 is 0 Å². The monoisotopic (exact) mass is 215 g/mol. The van der Waals surface area contributed by atoms with Gasteiger partial charge in [0, 0.05) is 16.2 Å². The Labute approximate surface area is 91.7 Å². The molecular formula is C11H9N3S. The largest absolute Gasteiger partial charge is 0.382 e. The quantitative estimate of drug-likeness (QED) is 0.732. The molecule has 0 spiro atoms. The number of nitrogens with zero attached hydrogens (tertiary/aromatic N) is 2. The summed E-state index contributed by atoms with van der Waals surface area (Å²) in [4.78, 5) is 1.27. The molecule has 1 aliphatic heterocycles. The second-order valence-corrected chi connectivity index (χ2v) is 4.45. The molecule has 15 heavy (non-hydrogen) atoms. The average molecular weight is 215 g/mol. The Hall–Kier alpha value is -1.55. The smallest absolute Gasteiger partial charge is 0.146 e. The molecule has 0 saturated heterocycles. The van der Waals surface area contributed by atoms with Gasteiger partial charge < -0.3 is 5.73 Å². The Morgan fingerprint density at radius 2 is 2.07 bits per heavy atom. The Bertz CT molecular complexity index is 525. The molecule has 0 amide bonds. The molecule has 2 heterocycles. The molecule has 0 bridgehead atoms. The Morgan fingerprint density at radius 3 is 3.00 bits per heavy atom. The maximum Gasteiger partial charge on any atom is 0.146 e. The Balaban J connectivity index is 2.26. The van der Waals surface area contributed by atoms with Crippen LogP contribution in [0.4, 0.5) is 5.82 Å². The standard InChI is InChI=1S/C11H9N3S/c12-10-5-7-6-15-9-4-2-1-3-8(9)11(7)14-13-10/h1-5H,6H2,(H2,12,13). The molecule has 0 unspecified atom stereocenters. The van der Waals surface area contributed by atoms with Crippen LogP contribution in [0.3, 0.4) is 0 Å². The summed E-state index contributed by atoms with van der Waals surface area (Å²) in [6.07, 6.45) is 0. The van der Waals surface area contributed by atoms with Gasteiger partial charge in [-0.15, -0.1) is 22.0 Å². The minimum Gasteiger partial charge on any atom is -0.382 e. The SMILES string of the molecule is Nc1cc2c(nn1)-c1ccccc1SC2. The van der Waals surface area contributed by atoms with Gasteiger partial charge in [0.15, 0.2) is 0 Å². The lowest BCUT2D eigenvalue weighted by atomic mass is 10.1. The molecule has 2 aromatic rings. The Kier molecular flexibility index (Phi) is 1.89. The fourth-order valence-electron chi connectivity index (χ4n) is 1.73. The van der Waals surface area contributed by atoms with Crippen LogP contribution >= 0.6 is 11.8 Å². The van der Waals surface area contributed by atoms with Gasteiger partial charge in [-0.25, -0.2) is 0 Å². The summed E-state index contributed by atoms with van der Waals surface area (Å²) in [6.45, 7) is 0. The van der Waals surface area contributed by atoms with E-state index in [-0.39, 0.29) is 0 Å². The van der Waals surface area contributed by atoms with Crippen molar-refractivity contribution in [2.75, 3.05) is 5.73 Å². The van der Waals surface area contributed by atoms with Gasteiger partial charge in [0.2, 0.25) is 0 Å². The van der Waals surface area contributed by atoms with Gasteiger partial charge in [0.1, 0.15) is 5.82 Å². The zero-order valence-electron chi connectivity index (χ0n) is 7.97. The van der Waals surface area contributed by atoms with Crippen LogP contribution in [0.25, 0.3) is 11.3 Å². The lowest BCUT2D eigenvalue weighted by Gasteiger charge is -2.17. The van der Waals surface area contributed by atoms with E-state index in [1.54, 1.807) is 0 Å². The van der Waals surface area contributed by atoms with Gasteiger partial charge in [-0.2, -0.15) is 0 Å². The van der Waals surface area contributed by atoms with Crippen molar-refractivity contribution in [3.8, 4) is 11.3 Å². The maximum atomic E-state index is 5.62. The van der Waals surface area contributed by atoms with E-state index in [2.05, 4.69) is 22.3 Å². The molecule has 0 fully saturated rings. The molecule has 1 aromatic heterocycles. The van der Waals surface area contributed by atoms with E-state index in [4.69, 9.17) is 5.73 Å². The number of aromatic nitrogens is 2. The maximum absolute atomic E-state index is 5.62. The molecule has 1 aromatic carbocycles. The van der Waals surface area contributed by atoms with E-state index in [0.717, 1.165) is 17.0 Å². The molecule has 3 rings (SSSR count). The second-order valence-electron chi connectivity index (χ2n) is 3.43. The van der Waals surface area contributed by atoms with E-state index in [9.17, 15) is 0 Å². The van der Waals surface area contributed by atoms with E-state index < -0.39 is 0 Å². The number of nitrogens with two attached hydrogens (primary N) is 1. The predicted molar refractivity (Wildman–Crippen MR) is 61.4 cm³/mol. The second kappa shape index (κ2) is 3.24. The highest BCUT2D eigenvalue weighted by molar-refractivity contribution is 7.98. The summed E-state index contributed by atoms with van der Waals surface area (Å²) < 4.78 is 0. The van der Waals surface area contributed by atoms with Gasteiger partial charge in [-0.05, 0) is 17.7 Å². The number of rotatable bonds is 0. The average Bonchev–Trinajstić information content (AvgIpc) is 2.28. The topological polar surface area (TPSA) is 51.8 Å². The fourth-order valence-corrected chi connectivity index (χ4v) is 2.75. The molecular weight excluding hydrogens is 206 g/mol. The first-order valence-electron chi connectivity index (χ1n) is 4.69. The van der Waals surface area contributed by atoms with Crippen molar-refractivity contribution in [1.82, 2.24) is 10.2 Å². The summed E-state index contributed by atoms with van der Waals surface area (Å²) in [7, 11) is 0. The van der Waals surface area contributed by atoms with Crippen LogP contribution in [-0.4, -0.2) is 10.2 Å². The van der Waals surface area contributed by atoms with Gasteiger partial charge >= 0.3 is 0 Å². The van der Waals surface area contributed by atoms with Crippen molar-refractivity contribution >= 4 is 17.6 Å². The predicted octanol–water partition coefficient (Wildman–Crippen LogP) is 2.33. The van der Waals surface area contributed by atoms with Crippen molar-refractivity contribution in [1.29, 1.82) is 0 Å². The number of nitrogen functional groups attached to an aromatic ring is 1. The zero-order chi connectivity index (χ0) is 10.3. The minimum absolute atomic E-state index is 0.494.